The quantitative estimate of drug-likeness (QED) is 0.324. The second kappa shape index (κ2) is 10.6. The predicted molar refractivity (Wildman–Crippen MR) is 142 cm³/mol. The zero-order chi connectivity index (χ0) is 24.4. The van der Waals surface area contributed by atoms with E-state index in [1.165, 1.54) is 16.7 Å². The number of rotatable bonds is 7. The summed E-state index contributed by atoms with van der Waals surface area (Å²) in [6.45, 7) is 4.41. The monoisotopic (exact) mass is 491 g/mol. The number of allylic oxidation sites excluding steroid dienone is 1. The molecule has 0 spiro atoms. The molecule has 35 heavy (non-hydrogen) atoms. The lowest BCUT2D eigenvalue weighted by atomic mass is 9.86. The molecule has 1 nitrogen and oxygen atoms in total. The molecule has 4 heteroatoms. The summed E-state index contributed by atoms with van der Waals surface area (Å²) in [6, 6.07) is 20.4. The molecular formula is C31H32ClF2N. The van der Waals surface area contributed by atoms with E-state index in [0.717, 1.165) is 78.2 Å². The summed E-state index contributed by atoms with van der Waals surface area (Å²) in [5, 5.41) is 0.777. The van der Waals surface area contributed by atoms with Crippen molar-refractivity contribution in [2.45, 2.75) is 39.0 Å². The molecule has 3 aromatic carbocycles. The summed E-state index contributed by atoms with van der Waals surface area (Å²) in [5.41, 5.74) is 8.53. The molecule has 2 aliphatic rings. The van der Waals surface area contributed by atoms with Gasteiger partial charge in [-0.05, 0) is 95.5 Å². The molecule has 0 saturated carbocycles. The van der Waals surface area contributed by atoms with Gasteiger partial charge in [0.25, 0.3) is 0 Å². The molecule has 0 aromatic heterocycles. The maximum absolute atomic E-state index is 15.5. The fraction of sp³-hybridized carbons (Fsp3) is 0.355. The Balaban J connectivity index is 1.52. The smallest absolute Gasteiger partial charge is 0.127 e. The first-order valence-corrected chi connectivity index (χ1v) is 13.1. The normalized spacial score (nSPS) is 16.7. The zero-order valence-electron chi connectivity index (χ0n) is 20.3. The highest BCUT2D eigenvalue weighted by molar-refractivity contribution is 6.33. The number of fused-ring (bicyclic) bond motifs is 1. The average molecular weight is 492 g/mol. The fourth-order valence-corrected chi connectivity index (χ4v) is 5.90. The topological polar surface area (TPSA) is 3.24 Å². The molecule has 1 saturated heterocycles. The minimum atomic E-state index is -0.272. The Hall–Kier alpha value is -2.49. The maximum Gasteiger partial charge on any atom is 0.127 e. The number of hydrogen-bond acceptors (Lipinski definition) is 1. The van der Waals surface area contributed by atoms with E-state index in [1.807, 2.05) is 19.1 Å². The number of aryl methyl sites for hydroxylation is 2. The first kappa shape index (κ1) is 24.2. The molecule has 0 bridgehead atoms. The lowest BCUT2D eigenvalue weighted by Crippen LogP contribution is -2.48. The van der Waals surface area contributed by atoms with E-state index < -0.39 is 0 Å². The van der Waals surface area contributed by atoms with Crippen LogP contribution in [-0.2, 0) is 12.8 Å². The highest BCUT2D eigenvalue weighted by Crippen LogP contribution is 2.42. The highest BCUT2D eigenvalue weighted by atomic mass is 35.5. The molecule has 1 aliphatic carbocycles. The Bertz CT molecular complexity index is 1240. The summed E-state index contributed by atoms with van der Waals surface area (Å²) in [6.07, 6.45) is 4.23. The SMILES string of the molecule is Cc1cccc(C2=C(c3ccc(CC4CN(CCCF)C4)c(F)c3)c3ccccc3CCC2)c1Cl. The van der Waals surface area contributed by atoms with Gasteiger partial charge >= 0.3 is 0 Å². The van der Waals surface area contributed by atoms with Crippen molar-refractivity contribution in [2.24, 2.45) is 5.92 Å². The van der Waals surface area contributed by atoms with Crippen LogP contribution in [0.5, 0.6) is 0 Å². The van der Waals surface area contributed by atoms with Crippen molar-refractivity contribution in [3.05, 3.63) is 105 Å². The van der Waals surface area contributed by atoms with Gasteiger partial charge in [0.1, 0.15) is 5.82 Å². The van der Waals surface area contributed by atoms with Crippen LogP contribution in [0.4, 0.5) is 8.78 Å². The van der Waals surface area contributed by atoms with Crippen LogP contribution in [0.2, 0.25) is 5.02 Å². The standard InChI is InChI=1S/C31H32ClF2N/c1-21-7-4-12-28(31(21)32)27-11-5-9-23-8-2-3-10-26(23)30(27)25-14-13-24(29(34)18-25)17-22-19-35(20-22)16-6-15-33/h2-4,7-8,10,12-14,18,22H,5-6,9,11,15-17,19-20H2,1H3. The van der Waals surface area contributed by atoms with E-state index in [-0.39, 0.29) is 12.5 Å². The average Bonchev–Trinajstić information content (AvgIpc) is 3.02. The van der Waals surface area contributed by atoms with Gasteiger partial charge < -0.3 is 4.90 Å². The van der Waals surface area contributed by atoms with Crippen molar-refractivity contribution in [3.63, 3.8) is 0 Å². The minimum Gasteiger partial charge on any atom is -0.303 e. The molecule has 1 heterocycles. The van der Waals surface area contributed by atoms with Gasteiger partial charge in [-0.3, -0.25) is 4.39 Å². The predicted octanol–water partition coefficient (Wildman–Crippen LogP) is 7.92. The van der Waals surface area contributed by atoms with Crippen LogP contribution in [0.1, 0.15) is 52.6 Å². The van der Waals surface area contributed by atoms with E-state index in [9.17, 15) is 4.39 Å². The van der Waals surface area contributed by atoms with E-state index in [4.69, 9.17) is 11.6 Å². The van der Waals surface area contributed by atoms with Crippen LogP contribution < -0.4 is 0 Å². The Morgan fingerprint density at radius 1 is 0.971 bits per heavy atom. The van der Waals surface area contributed by atoms with Crippen molar-refractivity contribution in [2.75, 3.05) is 26.3 Å². The number of alkyl halides is 1. The lowest BCUT2D eigenvalue weighted by Gasteiger charge is -2.39. The molecule has 1 aliphatic heterocycles. The van der Waals surface area contributed by atoms with Crippen molar-refractivity contribution >= 4 is 22.7 Å². The first-order valence-electron chi connectivity index (χ1n) is 12.7. The van der Waals surface area contributed by atoms with Crippen LogP contribution in [0.25, 0.3) is 11.1 Å². The summed E-state index contributed by atoms with van der Waals surface area (Å²) in [7, 11) is 0. The van der Waals surface area contributed by atoms with Gasteiger partial charge in [-0.15, -0.1) is 0 Å². The molecule has 1 fully saturated rings. The Morgan fingerprint density at radius 3 is 2.57 bits per heavy atom. The van der Waals surface area contributed by atoms with E-state index in [2.05, 4.69) is 47.4 Å². The van der Waals surface area contributed by atoms with Gasteiger partial charge in [0.15, 0.2) is 0 Å². The van der Waals surface area contributed by atoms with Gasteiger partial charge in [-0.1, -0.05) is 66.2 Å². The van der Waals surface area contributed by atoms with Crippen LogP contribution in [-0.4, -0.2) is 31.2 Å². The van der Waals surface area contributed by atoms with Crippen molar-refractivity contribution < 1.29 is 8.78 Å². The van der Waals surface area contributed by atoms with Crippen LogP contribution in [0.3, 0.4) is 0 Å². The molecule has 0 N–H and O–H groups in total. The van der Waals surface area contributed by atoms with Crippen molar-refractivity contribution in [1.29, 1.82) is 0 Å². The van der Waals surface area contributed by atoms with Gasteiger partial charge in [0, 0.05) is 19.6 Å². The summed E-state index contributed by atoms with van der Waals surface area (Å²) >= 11 is 6.81. The number of hydrogen-bond donors (Lipinski definition) is 0. The zero-order valence-corrected chi connectivity index (χ0v) is 21.1. The van der Waals surface area contributed by atoms with Crippen molar-refractivity contribution in [1.82, 2.24) is 4.90 Å². The molecule has 182 valence electrons. The summed E-state index contributed by atoms with van der Waals surface area (Å²) in [5.74, 6) is 0.295. The van der Waals surface area contributed by atoms with Crippen molar-refractivity contribution in [3.8, 4) is 0 Å². The fourth-order valence-electron chi connectivity index (χ4n) is 5.66. The molecule has 0 atom stereocenters. The third kappa shape index (κ3) is 5.08. The molecule has 0 amide bonds. The number of halogens is 3. The Kier molecular flexibility index (Phi) is 7.36. The Labute approximate surface area is 212 Å². The number of benzene rings is 3. The molecular weight excluding hydrogens is 460 g/mol. The summed E-state index contributed by atoms with van der Waals surface area (Å²) in [4.78, 5) is 2.25. The van der Waals surface area contributed by atoms with Gasteiger partial charge in [-0.2, -0.15) is 0 Å². The summed E-state index contributed by atoms with van der Waals surface area (Å²) < 4.78 is 27.9. The van der Waals surface area contributed by atoms with Gasteiger partial charge in [0.2, 0.25) is 0 Å². The molecule has 3 aromatic rings. The largest absolute Gasteiger partial charge is 0.303 e. The van der Waals surface area contributed by atoms with E-state index in [0.29, 0.717) is 12.3 Å². The second-order valence-corrected chi connectivity index (χ2v) is 10.4. The van der Waals surface area contributed by atoms with E-state index >= 15 is 4.39 Å². The first-order chi connectivity index (χ1) is 17.0. The molecule has 0 unspecified atom stereocenters. The van der Waals surface area contributed by atoms with Gasteiger partial charge in [-0.25, -0.2) is 4.39 Å². The van der Waals surface area contributed by atoms with E-state index in [1.54, 1.807) is 6.07 Å². The number of nitrogens with zero attached hydrogens (tertiary/aromatic N) is 1. The van der Waals surface area contributed by atoms with Crippen LogP contribution in [0.15, 0.2) is 60.7 Å². The third-order valence-corrected chi connectivity index (χ3v) is 7.97. The van der Waals surface area contributed by atoms with Crippen LogP contribution in [0, 0.1) is 18.7 Å². The maximum atomic E-state index is 15.5. The lowest BCUT2D eigenvalue weighted by molar-refractivity contribution is 0.0962. The van der Waals surface area contributed by atoms with Crippen LogP contribution >= 0.6 is 11.6 Å². The molecule has 5 rings (SSSR count). The second-order valence-electron chi connectivity index (χ2n) is 9.98. The Morgan fingerprint density at radius 2 is 1.77 bits per heavy atom. The minimum absolute atomic E-state index is 0.145. The highest BCUT2D eigenvalue weighted by Gasteiger charge is 2.27. The number of likely N-dealkylation sites (tertiary alicyclic amines) is 1. The van der Waals surface area contributed by atoms with Gasteiger partial charge in [0.05, 0.1) is 11.7 Å². The molecule has 0 radical (unpaired) electrons. The third-order valence-electron chi connectivity index (χ3n) is 7.47.